The number of nitrogens with two attached hydrogens (primary N) is 1. The van der Waals surface area contributed by atoms with Crippen LogP contribution < -0.4 is 5.73 Å². The first kappa shape index (κ1) is 14.3. The lowest BCUT2D eigenvalue weighted by atomic mass is 9.77. The molecule has 1 heterocycles. The van der Waals surface area contributed by atoms with Gasteiger partial charge in [0.2, 0.25) is 0 Å². The van der Waals surface area contributed by atoms with Crippen molar-refractivity contribution in [3.8, 4) is 0 Å². The molecule has 2 rings (SSSR count). The zero-order valence-electron chi connectivity index (χ0n) is 12.1. The molecule has 0 aromatic rings. The molecule has 0 bridgehead atoms. The fraction of sp³-hybridized carbons (Fsp3) is 1.00. The van der Waals surface area contributed by atoms with Crippen LogP contribution in [0, 0.1) is 11.8 Å². The molecule has 1 saturated carbocycles. The quantitative estimate of drug-likeness (QED) is 0.836. The highest BCUT2D eigenvalue weighted by Gasteiger charge is 2.30. The summed E-state index contributed by atoms with van der Waals surface area (Å²) in [6.07, 6.45) is 6.81. The summed E-state index contributed by atoms with van der Waals surface area (Å²) in [5.74, 6) is 1.62. The van der Waals surface area contributed by atoms with Gasteiger partial charge in [0, 0.05) is 25.7 Å². The van der Waals surface area contributed by atoms with E-state index in [0.717, 1.165) is 32.0 Å². The second-order valence-corrected chi connectivity index (χ2v) is 6.17. The minimum absolute atomic E-state index is 0.427. The van der Waals surface area contributed by atoms with Crippen molar-refractivity contribution >= 4 is 0 Å². The molecule has 2 aliphatic rings. The van der Waals surface area contributed by atoms with Crippen molar-refractivity contribution < 1.29 is 4.74 Å². The molecule has 0 aromatic heterocycles. The molecule has 2 fully saturated rings. The molecule has 106 valence electrons. The van der Waals surface area contributed by atoms with Gasteiger partial charge in [-0.25, -0.2) is 0 Å². The van der Waals surface area contributed by atoms with Crippen molar-refractivity contribution in [1.82, 2.24) is 4.90 Å². The van der Waals surface area contributed by atoms with E-state index in [1.54, 1.807) is 0 Å². The van der Waals surface area contributed by atoms with Crippen LogP contribution in [0.15, 0.2) is 0 Å². The Morgan fingerprint density at radius 3 is 2.78 bits per heavy atom. The van der Waals surface area contributed by atoms with Crippen LogP contribution in [0.1, 0.15) is 46.0 Å². The van der Waals surface area contributed by atoms with Gasteiger partial charge in [0.15, 0.2) is 0 Å². The van der Waals surface area contributed by atoms with E-state index >= 15 is 0 Å². The van der Waals surface area contributed by atoms with Gasteiger partial charge in [-0.3, -0.25) is 4.90 Å². The van der Waals surface area contributed by atoms with Gasteiger partial charge in [-0.05, 0) is 37.5 Å². The SMILES string of the molecule is CCC1CCC(N)C(CN2CCOC(CC)C2)C1. The average Bonchev–Trinajstić information content (AvgIpc) is 2.41. The van der Waals surface area contributed by atoms with Crippen LogP contribution in [0.5, 0.6) is 0 Å². The highest BCUT2D eigenvalue weighted by Crippen LogP contribution is 2.31. The Labute approximate surface area is 112 Å². The van der Waals surface area contributed by atoms with Crippen LogP contribution in [0.25, 0.3) is 0 Å². The molecule has 4 unspecified atom stereocenters. The van der Waals surface area contributed by atoms with Gasteiger partial charge in [0.25, 0.3) is 0 Å². The van der Waals surface area contributed by atoms with Gasteiger partial charge in [-0.1, -0.05) is 20.3 Å². The second kappa shape index (κ2) is 6.88. The Morgan fingerprint density at radius 2 is 2.06 bits per heavy atom. The van der Waals surface area contributed by atoms with Gasteiger partial charge >= 0.3 is 0 Å². The fourth-order valence-electron chi connectivity index (χ4n) is 3.49. The predicted octanol–water partition coefficient (Wildman–Crippen LogP) is 2.25. The van der Waals surface area contributed by atoms with Crippen LogP contribution in [-0.4, -0.2) is 43.3 Å². The van der Waals surface area contributed by atoms with Crippen molar-refractivity contribution in [3.63, 3.8) is 0 Å². The fourth-order valence-corrected chi connectivity index (χ4v) is 3.49. The highest BCUT2D eigenvalue weighted by atomic mass is 16.5. The van der Waals surface area contributed by atoms with Crippen molar-refractivity contribution in [2.45, 2.75) is 58.1 Å². The molecule has 0 spiro atoms. The van der Waals surface area contributed by atoms with E-state index in [1.807, 2.05) is 0 Å². The molecule has 18 heavy (non-hydrogen) atoms. The summed E-state index contributed by atoms with van der Waals surface area (Å²) in [6, 6.07) is 0.427. The van der Waals surface area contributed by atoms with Gasteiger partial charge in [0.05, 0.1) is 12.7 Å². The van der Waals surface area contributed by atoms with Crippen LogP contribution in [0.4, 0.5) is 0 Å². The van der Waals surface area contributed by atoms with Gasteiger partial charge in [0.1, 0.15) is 0 Å². The molecule has 4 atom stereocenters. The van der Waals surface area contributed by atoms with E-state index in [4.69, 9.17) is 10.5 Å². The van der Waals surface area contributed by atoms with E-state index in [2.05, 4.69) is 18.7 Å². The van der Waals surface area contributed by atoms with Crippen molar-refractivity contribution in [2.24, 2.45) is 17.6 Å². The summed E-state index contributed by atoms with van der Waals surface area (Å²) in [6.45, 7) is 8.83. The van der Waals surface area contributed by atoms with Gasteiger partial charge in [-0.2, -0.15) is 0 Å². The molecule has 2 N–H and O–H groups in total. The highest BCUT2D eigenvalue weighted by molar-refractivity contribution is 4.85. The summed E-state index contributed by atoms with van der Waals surface area (Å²) in [7, 11) is 0. The maximum atomic E-state index is 6.32. The molecule has 0 radical (unpaired) electrons. The third-order valence-corrected chi connectivity index (χ3v) is 4.90. The Hall–Kier alpha value is -0.120. The minimum atomic E-state index is 0.427. The van der Waals surface area contributed by atoms with E-state index < -0.39 is 0 Å². The number of hydrogen-bond donors (Lipinski definition) is 1. The zero-order valence-corrected chi connectivity index (χ0v) is 12.1. The van der Waals surface area contributed by atoms with E-state index in [9.17, 15) is 0 Å². The largest absolute Gasteiger partial charge is 0.376 e. The lowest BCUT2D eigenvalue weighted by Crippen LogP contribution is -2.48. The van der Waals surface area contributed by atoms with Crippen LogP contribution in [0.3, 0.4) is 0 Å². The molecule has 1 aliphatic heterocycles. The maximum Gasteiger partial charge on any atom is 0.0700 e. The summed E-state index contributed by atoms with van der Waals surface area (Å²) >= 11 is 0. The first-order valence-electron chi connectivity index (χ1n) is 7.82. The summed E-state index contributed by atoms with van der Waals surface area (Å²) < 4.78 is 5.74. The van der Waals surface area contributed by atoms with E-state index in [0.29, 0.717) is 18.1 Å². The third kappa shape index (κ3) is 3.69. The molecule has 1 saturated heterocycles. The Morgan fingerprint density at radius 1 is 1.22 bits per heavy atom. The number of rotatable bonds is 4. The van der Waals surface area contributed by atoms with Gasteiger partial charge in [-0.15, -0.1) is 0 Å². The summed E-state index contributed by atoms with van der Waals surface area (Å²) in [5.41, 5.74) is 6.32. The van der Waals surface area contributed by atoms with E-state index in [-0.39, 0.29) is 0 Å². The first-order valence-corrected chi connectivity index (χ1v) is 7.82. The standard InChI is InChI=1S/C15H30N2O/c1-3-12-5-6-15(16)13(9-12)10-17-7-8-18-14(4-2)11-17/h12-15H,3-11,16H2,1-2H3. The van der Waals surface area contributed by atoms with Crippen molar-refractivity contribution in [2.75, 3.05) is 26.2 Å². The molecule has 3 nitrogen and oxygen atoms in total. The lowest BCUT2D eigenvalue weighted by Gasteiger charge is -2.39. The maximum absolute atomic E-state index is 6.32. The van der Waals surface area contributed by atoms with Crippen LogP contribution in [0.2, 0.25) is 0 Å². The first-order chi connectivity index (χ1) is 8.72. The average molecular weight is 254 g/mol. The summed E-state index contributed by atoms with van der Waals surface area (Å²) in [5, 5.41) is 0. The summed E-state index contributed by atoms with van der Waals surface area (Å²) in [4.78, 5) is 2.58. The Balaban J connectivity index is 1.83. The molecular weight excluding hydrogens is 224 g/mol. The molecule has 3 heteroatoms. The predicted molar refractivity (Wildman–Crippen MR) is 75.6 cm³/mol. The monoisotopic (exact) mass is 254 g/mol. The lowest BCUT2D eigenvalue weighted by molar-refractivity contribution is -0.0375. The Bertz CT molecular complexity index is 247. The number of hydrogen-bond acceptors (Lipinski definition) is 3. The molecular formula is C15H30N2O. The number of morpholine rings is 1. The Kier molecular flexibility index (Phi) is 5.46. The minimum Gasteiger partial charge on any atom is -0.376 e. The van der Waals surface area contributed by atoms with Crippen molar-refractivity contribution in [3.05, 3.63) is 0 Å². The van der Waals surface area contributed by atoms with Crippen LogP contribution >= 0.6 is 0 Å². The molecule has 0 aromatic carbocycles. The smallest absolute Gasteiger partial charge is 0.0700 e. The molecule has 0 amide bonds. The topological polar surface area (TPSA) is 38.5 Å². The number of nitrogens with zero attached hydrogens (tertiary/aromatic N) is 1. The third-order valence-electron chi connectivity index (χ3n) is 4.90. The van der Waals surface area contributed by atoms with Crippen molar-refractivity contribution in [1.29, 1.82) is 0 Å². The zero-order chi connectivity index (χ0) is 13.0. The second-order valence-electron chi connectivity index (χ2n) is 6.17. The van der Waals surface area contributed by atoms with Crippen LogP contribution in [-0.2, 0) is 4.74 Å². The number of ether oxygens (including phenoxy) is 1. The van der Waals surface area contributed by atoms with E-state index in [1.165, 1.54) is 32.2 Å². The van der Waals surface area contributed by atoms with Gasteiger partial charge < -0.3 is 10.5 Å². The molecule has 1 aliphatic carbocycles. The normalized spacial score (nSPS) is 38.8.